The Bertz CT molecular complexity index is 317. The largest absolute Gasteiger partial charge is 0.384 e. The second kappa shape index (κ2) is 6.58. The van der Waals surface area contributed by atoms with E-state index in [0.29, 0.717) is 5.92 Å². The molecule has 1 aromatic heterocycles. The average molecular weight is 223 g/mol. The molecule has 0 saturated heterocycles. The lowest BCUT2D eigenvalue weighted by Crippen LogP contribution is -2.30. The lowest BCUT2D eigenvalue weighted by atomic mass is 9.95. The van der Waals surface area contributed by atoms with E-state index in [-0.39, 0.29) is 6.04 Å². The van der Waals surface area contributed by atoms with Crippen LogP contribution in [0.4, 0.5) is 0 Å². The predicted molar refractivity (Wildman–Crippen MR) is 64.7 cm³/mol. The molecule has 1 rings (SSSR count). The molecule has 0 fully saturated rings. The second-order valence-corrected chi connectivity index (χ2v) is 4.25. The second-order valence-electron chi connectivity index (χ2n) is 4.25. The van der Waals surface area contributed by atoms with Gasteiger partial charge in [0.15, 0.2) is 0 Å². The average Bonchev–Trinajstić information content (AvgIpc) is 2.27. The summed E-state index contributed by atoms with van der Waals surface area (Å²) >= 11 is 0. The third-order valence-electron chi connectivity index (χ3n) is 2.75. The molecule has 4 heteroatoms. The van der Waals surface area contributed by atoms with Crippen LogP contribution >= 0.6 is 0 Å². The molecule has 0 aliphatic heterocycles. The van der Waals surface area contributed by atoms with Gasteiger partial charge in [-0.3, -0.25) is 16.3 Å². The summed E-state index contributed by atoms with van der Waals surface area (Å²) in [4.78, 5) is 4.14. The summed E-state index contributed by atoms with van der Waals surface area (Å²) in [6, 6.07) is 2.14. The Labute approximate surface area is 97.2 Å². The zero-order valence-electron chi connectivity index (χ0n) is 10.2. The number of aromatic nitrogens is 1. The molecule has 0 aliphatic rings. The van der Waals surface area contributed by atoms with E-state index in [1.165, 1.54) is 5.56 Å². The maximum absolute atomic E-state index is 5.60. The Hall–Kier alpha value is -0.970. The van der Waals surface area contributed by atoms with E-state index in [1.54, 1.807) is 13.3 Å². The van der Waals surface area contributed by atoms with Crippen LogP contribution in [0.2, 0.25) is 0 Å². The van der Waals surface area contributed by atoms with Crippen molar-refractivity contribution in [2.75, 3.05) is 13.7 Å². The highest BCUT2D eigenvalue weighted by Crippen LogP contribution is 2.22. The van der Waals surface area contributed by atoms with Crippen LogP contribution in [0.15, 0.2) is 18.5 Å². The molecule has 16 heavy (non-hydrogen) atoms. The molecule has 3 N–H and O–H groups in total. The van der Waals surface area contributed by atoms with Gasteiger partial charge in [-0.1, -0.05) is 6.92 Å². The summed E-state index contributed by atoms with van der Waals surface area (Å²) in [5.41, 5.74) is 5.22. The van der Waals surface area contributed by atoms with Gasteiger partial charge in [-0.2, -0.15) is 0 Å². The smallest absolute Gasteiger partial charge is 0.0488 e. The van der Waals surface area contributed by atoms with Crippen LogP contribution in [-0.4, -0.2) is 18.7 Å². The number of nitrogens with one attached hydrogen (secondary N) is 1. The number of rotatable bonds is 6. The Morgan fingerprint density at radius 2 is 2.31 bits per heavy atom. The van der Waals surface area contributed by atoms with Crippen molar-refractivity contribution in [3.05, 3.63) is 29.6 Å². The highest BCUT2D eigenvalue weighted by atomic mass is 16.5. The van der Waals surface area contributed by atoms with Crippen molar-refractivity contribution in [2.45, 2.75) is 26.3 Å². The highest BCUT2D eigenvalue weighted by molar-refractivity contribution is 5.24. The Balaban J connectivity index is 2.71. The van der Waals surface area contributed by atoms with Crippen molar-refractivity contribution < 1.29 is 4.74 Å². The lowest BCUT2D eigenvalue weighted by molar-refractivity contribution is 0.149. The Morgan fingerprint density at radius 3 is 2.88 bits per heavy atom. The van der Waals surface area contributed by atoms with Crippen LogP contribution in [0.5, 0.6) is 0 Å². The first kappa shape index (κ1) is 13.1. The highest BCUT2D eigenvalue weighted by Gasteiger charge is 2.15. The SMILES string of the molecule is COCC(C)CC(NN)c1cnccc1C. The van der Waals surface area contributed by atoms with Gasteiger partial charge in [0.1, 0.15) is 0 Å². The summed E-state index contributed by atoms with van der Waals surface area (Å²) in [7, 11) is 1.72. The van der Waals surface area contributed by atoms with E-state index in [4.69, 9.17) is 10.6 Å². The van der Waals surface area contributed by atoms with Crippen LogP contribution in [0, 0.1) is 12.8 Å². The summed E-state index contributed by atoms with van der Waals surface area (Å²) in [6.07, 6.45) is 4.61. The topological polar surface area (TPSA) is 60.2 Å². The van der Waals surface area contributed by atoms with Crippen LogP contribution < -0.4 is 11.3 Å². The summed E-state index contributed by atoms with van der Waals surface area (Å²) in [6.45, 7) is 4.97. The predicted octanol–water partition coefficient (Wildman–Crippen LogP) is 1.57. The van der Waals surface area contributed by atoms with E-state index >= 15 is 0 Å². The maximum atomic E-state index is 5.60. The first-order valence-corrected chi connectivity index (χ1v) is 5.54. The fourth-order valence-corrected chi connectivity index (χ4v) is 1.88. The zero-order chi connectivity index (χ0) is 12.0. The molecule has 0 aliphatic carbocycles. The van der Waals surface area contributed by atoms with Crippen LogP contribution in [-0.2, 0) is 4.74 Å². The molecule has 2 unspecified atom stereocenters. The molecule has 2 atom stereocenters. The van der Waals surface area contributed by atoms with E-state index < -0.39 is 0 Å². The number of pyridine rings is 1. The van der Waals surface area contributed by atoms with Crippen molar-refractivity contribution in [3.63, 3.8) is 0 Å². The van der Waals surface area contributed by atoms with E-state index in [9.17, 15) is 0 Å². The van der Waals surface area contributed by atoms with Gasteiger partial charge in [-0.05, 0) is 36.5 Å². The van der Waals surface area contributed by atoms with Gasteiger partial charge in [0, 0.05) is 32.2 Å². The number of hydrogen-bond donors (Lipinski definition) is 2. The fraction of sp³-hybridized carbons (Fsp3) is 0.583. The Kier molecular flexibility index (Phi) is 5.38. The number of methoxy groups -OCH3 is 1. The first-order valence-electron chi connectivity index (χ1n) is 5.54. The zero-order valence-corrected chi connectivity index (χ0v) is 10.2. The molecule has 0 bridgehead atoms. The lowest BCUT2D eigenvalue weighted by Gasteiger charge is -2.21. The van der Waals surface area contributed by atoms with Gasteiger partial charge in [0.25, 0.3) is 0 Å². The number of aryl methyl sites for hydroxylation is 1. The monoisotopic (exact) mass is 223 g/mol. The van der Waals surface area contributed by atoms with Gasteiger partial charge in [0.05, 0.1) is 0 Å². The first-order chi connectivity index (χ1) is 7.69. The minimum absolute atomic E-state index is 0.138. The van der Waals surface area contributed by atoms with Gasteiger partial charge >= 0.3 is 0 Å². The third-order valence-corrected chi connectivity index (χ3v) is 2.75. The summed E-state index contributed by atoms with van der Waals surface area (Å²) in [5, 5.41) is 0. The third kappa shape index (κ3) is 3.56. The molecule has 0 radical (unpaired) electrons. The van der Waals surface area contributed by atoms with Gasteiger partial charge in [0.2, 0.25) is 0 Å². The number of nitrogens with zero attached hydrogens (tertiary/aromatic N) is 1. The molecule has 0 spiro atoms. The van der Waals surface area contributed by atoms with E-state index in [2.05, 4.69) is 24.3 Å². The Morgan fingerprint density at radius 1 is 1.56 bits per heavy atom. The van der Waals surface area contributed by atoms with E-state index in [0.717, 1.165) is 18.6 Å². The number of ether oxygens (including phenoxy) is 1. The number of nitrogens with two attached hydrogens (primary N) is 1. The van der Waals surface area contributed by atoms with E-state index in [1.807, 2.05) is 12.3 Å². The van der Waals surface area contributed by atoms with Crippen LogP contribution in [0.3, 0.4) is 0 Å². The van der Waals surface area contributed by atoms with Crippen molar-refractivity contribution in [1.29, 1.82) is 0 Å². The van der Waals surface area contributed by atoms with Crippen LogP contribution in [0.1, 0.15) is 30.5 Å². The fourth-order valence-electron chi connectivity index (χ4n) is 1.88. The van der Waals surface area contributed by atoms with Gasteiger partial charge in [-0.15, -0.1) is 0 Å². The minimum atomic E-state index is 0.138. The summed E-state index contributed by atoms with van der Waals surface area (Å²) in [5.74, 6) is 6.06. The number of hydrogen-bond acceptors (Lipinski definition) is 4. The molecule has 0 saturated carbocycles. The molecule has 0 aromatic carbocycles. The standard InChI is InChI=1S/C12H21N3O/c1-9(8-16-3)6-12(15-13)11-7-14-5-4-10(11)2/h4-5,7,9,12,15H,6,8,13H2,1-3H3. The number of hydrazine groups is 1. The van der Waals surface area contributed by atoms with Crippen molar-refractivity contribution >= 4 is 0 Å². The van der Waals surface area contributed by atoms with Crippen molar-refractivity contribution in [3.8, 4) is 0 Å². The van der Waals surface area contributed by atoms with Gasteiger partial charge < -0.3 is 4.74 Å². The molecular weight excluding hydrogens is 202 g/mol. The molecule has 1 aromatic rings. The molecule has 4 nitrogen and oxygen atoms in total. The van der Waals surface area contributed by atoms with Crippen molar-refractivity contribution in [1.82, 2.24) is 10.4 Å². The minimum Gasteiger partial charge on any atom is -0.384 e. The van der Waals surface area contributed by atoms with Crippen molar-refractivity contribution in [2.24, 2.45) is 11.8 Å². The van der Waals surface area contributed by atoms with Gasteiger partial charge in [-0.25, -0.2) is 0 Å². The quantitative estimate of drug-likeness (QED) is 0.567. The normalized spacial score (nSPS) is 14.8. The molecule has 0 amide bonds. The molecule has 1 heterocycles. The van der Waals surface area contributed by atoms with Crippen LogP contribution in [0.25, 0.3) is 0 Å². The summed E-state index contributed by atoms with van der Waals surface area (Å²) < 4.78 is 5.13. The molecular formula is C12H21N3O. The molecule has 90 valence electrons. The maximum Gasteiger partial charge on any atom is 0.0488 e.